The van der Waals surface area contributed by atoms with Gasteiger partial charge in [0.15, 0.2) is 4.77 Å². The summed E-state index contributed by atoms with van der Waals surface area (Å²) in [6, 6.07) is 0. The first-order valence-electron chi connectivity index (χ1n) is 4.82. The molecular formula is C10H18N2S. The summed E-state index contributed by atoms with van der Waals surface area (Å²) in [6.07, 6.45) is 4.13. The highest BCUT2D eigenvalue weighted by Crippen LogP contribution is 2.22. The molecule has 2 nitrogen and oxygen atoms in total. The molecule has 1 aromatic rings. The van der Waals surface area contributed by atoms with Gasteiger partial charge in [0.05, 0.1) is 0 Å². The van der Waals surface area contributed by atoms with E-state index in [0.717, 1.165) is 17.6 Å². The fourth-order valence-corrected chi connectivity index (χ4v) is 1.91. The van der Waals surface area contributed by atoms with Crippen LogP contribution in [0.4, 0.5) is 0 Å². The lowest BCUT2D eigenvalue weighted by Crippen LogP contribution is -2.27. The van der Waals surface area contributed by atoms with Crippen LogP contribution in [0.5, 0.6) is 0 Å². The monoisotopic (exact) mass is 198 g/mol. The van der Waals surface area contributed by atoms with Gasteiger partial charge in [-0.3, -0.25) is 0 Å². The Balaban J connectivity index is 3.26. The van der Waals surface area contributed by atoms with Crippen molar-refractivity contribution in [3.05, 3.63) is 16.7 Å². The minimum Gasteiger partial charge on any atom is -0.337 e. The van der Waals surface area contributed by atoms with Crippen LogP contribution in [0, 0.1) is 4.77 Å². The van der Waals surface area contributed by atoms with Crippen molar-refractivity contribution in [3.63, 3.8) is 0 Å². The maximum absolute atomic E-state index is 5.26. The third-order valence-corrected chi connectivity index (χ3v) is 2.99. The van der Waals surface area contributed by atoms with Gasteiger partial charge in [-0.05, 0) is 38.9 Å². The Bertz CT molecular complexity index is 333. The van der Waals surface area contributed by atoms with E-state index in [9.17, 15) is 0 Å². The quantitative estimate of drug-likeness (QED) is 0.739. The number of aryl methyl sites for hydroxylation is 1. The van der Waals surface area contributed by atoms with Gasteiger partial charge < -0.3 is 9.55 Å². The molecule has 1 aromatic heterocycles. The number of nitrogens with zero attached hydrogens (tertiary/aromatic N) is 1. The molecule has 0 atom stereocenters. The van der Waals surface area contributed by atoms with E-state index in [-0.39, 0.29) is 5.54 Å². The molecule has 74 valence electrons. The Kier molecular flexibility index (Phi) is 2.96. The highest BCUT2D eigenvalue weighted by atomic mass is 32.1. The van der Waals surface area contributed by atoms with Gasteiger partial charge in [0.1, 0.15) is 0 Å². The van der Waals surface area contributed by atoms with E-state index >= 15 is 0 Å². The van der Waals surface area contributed by atoms with E-state index in [1.165, 1.54) is 5.69 Å². The molecule has 13 heavy (non-hydrogen) atoms. The zero-order valence-corrected chi connectivity index (χ0v) is 9.66. The lowest BCUT2D eigenvalue weighted by Gasteiger charge is -2.27. The van der Waals surface area contributed by atoms with Gasteiger partial charge >= 0.3 is 0 Å². The topological polar surface area (TPSA) is 20.7 Å². The van der Waals surface area contributed by atoms with Crippen LogP contribution in [0.2, 0.25) is 0 Å². The summed E-state index contributed by atoms with van der Waals surface area (Å²) in [6.45, 7) is 8.78. The largest absolute Gasteiger partial charge is 0.337 e. The molecule has 1 N–H and O–H groups in total. The lowest BCUT2D eigenvalue weighted by molar-refractivity contribution is 0.329. The average Bonchev–Trinajstić information content (AvgIpc) is 2.47. The smallest absolute Gasteiger partial charge is 0.177 e. The molecule has 0 aliphatic heterocycles. The predicted octanol–water partition coefficient (Wildman–Crippen LogP) is 3.25. The minimum absolute atomic E-state index is 0.127. The van der Waals surface area contributed by atoms with Crippen LogP contribution in [0.25, 0.3) is 0 Å². The molecule has 3 heteroatoms. The Labute approximate surface area is 85.0 Å². The lowest BCUT2D eigenvalue weighted by atomic mass is 10.0. The second-order valence-electron chi connectivity index (χ2n) is 3.94. The van der Waals surface area contributed by atoms with Gasteiger partial charge in [0, 0.05) is 17.4 Å². The third-order valence-electron chi connectivity index (χ3n) is 2.69. The molecule has 0 unspecified atom stereocenters. The number of hydrogen-bond donors (Lipinski definition) is 1. The van der Waals surface area contributed by atoms with Crippen LogP contribution in [0.1, 0.15) is 39.8 Å². The van der Waals surface area contributed by atoms with Crippen molar-refractivity contribution in [2.75, 3.05) is 0 Å². The van der Waals surface area contributed by atoms with Crippen molar-refractivity contribution >= 4 is 12.2 Å². The summed E-state index contributed by atoms with van der Waals surface area (Å²) in [5, 5.41) is 0. The highest BCUT2D eigenvalue weighted by Gasteiger charge is 2.20. The van der Waals surface area contributed by atoms with E-state index < -0.39 is 0 Å². The molecule has 0 amide bonds. The second-order valence-corrected chi connectivity index (χ2v) is 4.33. The summed E-state index contributed by atoms with van der Waals surface area (Å²) >= 11 is 5.26. The molecule has 0 spiro atoms. The molecule has 0 fully saturated rings. The molecule has 1 heterocycles. The van der Waals surface area contributed by atoms with Crippen molar-refractivity contribution in [1.29, 1.82) is 0 Å². The molecule has 0 aliphatic rings. The van der Waals surface area contributed by atoms with Crippen molar-refractivity contribution in [1.82, 2.24) is 9.55 Å². The fraction of sp³-hybridized carbons (Fsp3) is 0.700. The zero-order chi connectivity index (χ0) is 10.1. The number of aromatic amines is 1. The molecule has 0 saturated heterocycles. The number of H-pyrrole nitrogens is 1. The summed E-state index contributed by atoms with van der Waals surface area (Å²) < 4.78 is 3.06. The maximum Gasteiger partial charge on any atom is 0.177 e. The van der Waals surface area contributed by atoms with Crippen LogP contribution >= 0.6 is 12.2 Å². The van der Waals surface area contributed by atoms with Crippen LogP contribution in [0.15, 0.2) is 6.20 Å². The molecule has 0 aromatic carbocycles. The maximum atomic E-state index is 5.26. The van der Waals surface area contributed by atoms with Gasteiger partial charge in [-0.15, -0.1) is 0 Å². The SMILES string of the molecule is CCc1c[nH]c(=S)n1C(C)(C)CC. The molecule has 0 saturated carbocycles. The van der Waals surface area contributed by atoms with Crippen molar-refractivity contribution in [2.45, 2.75) is 46.1 Å². The van der Waals surface area contributed by atoms with Crippen LogP contribution < -0.4 is 0 Å². The minimum atomic E-state index is 0.127. The Hall–Kier alpha value is -0.570. The predicted molar refractivity (Wildman–Crippen MR) is 58.6 cm³/mol. The first kappa shape index (κ1) is 10.5. The van der Waals surface area contributed by atoms with Crippen LogP contribution in [-0.4, -0.2) is 9.55 Å². The molecule has 1 rings (SSSR count). The first-order valence-corrected chi connectivity index (χ1v) is 5.23. The standard InChI is InChI=1S/C10H18N2S/c1-5-8-7-11-9(13)12(8)10(3,4)6-2/h7H,5-6H2,1-4H3,(H,11,13). The third kappa shape index (κ3) is 1.85. The summed E-state index contributed by atoms with van der Waals surface area (Å²) in [7, 11) is 0. The number of hydrogen-bond acceptors (Lipinski definition) is 1. The Morgan fingerprint density at radius 3 is 2.54 bits per heavy atom. The van der Waals surface area contributed by atoms with E-state index in [2.05, 4.69) is 37.2 Å². The van der Waals surface area contributed by atoms with Crippen LogP contribution in [0.3, 0.4) is 0 Å². The normalized spacial score (nSPS) is 12.0. The number of imidazole rings is 1. The van der Waals surface area contributed by atoms with E-state index in [1.807, 2.05) is 6.20 Å². The van der Waals surface area contributed by atoms with Crippen molar-refractivity contribution in [2.24, 2.45) is 0 Å². The number of aromatic nitrogens is 2. The van der Waals surface area contributed by atoms with Crippen molar-refractivity contribution < 1.29 is 0 Å². The van der Waals surface area contributed by atoms with Gasteiger partial charge in [-0.2, -0.15) is 0 Å². The van der Waals surface area contributed by atoms with E-state index in [0.29, 0.717) is 0 Å². The molecule has 0 bridgehead atoms. The van der Waals surface area contributed by atoms with Crippen molar-refractivity contribution in [3.8, 4) is 0 Å². The zero-order valence-electron chi connectivity index (χ0n) is 8.85. The number of rotatable bonds is 3. The fourth-order valence-electron chi connectivity index (χ4n) is 1.49. The molecule has 0 aliphatic carbocycles. The van der Waals surface area contributed by atoms with Gasteiger partial charge in [-0.1, -0.05) is 13.8 Å². The van der Waals surface area contributed by atoms with E-state index in [1.54, 1.807) is 0 Å². The average molecular weight is 198 g/mol. The number of nitrogens with one attached hydrogen (secondary N) is 1. The summed E-state index contributed by atoms with van der Waals surface area (Å²) in [5.41, 5.74) is 1.42. The van der Waals surface area contributed by atoms with Gasteiger partial charge in [0.2, 0.25) is 0 Å². The summed E-state index contributed by atoms with van der Waals surface area (Å²) in [4.78, 5) is 3.11. The second kappa shape index (κ2) is 3.66. The first-order chi connectivity index (χ1) is 6.03. The van der Waals surface area contributed by atoms with Crippen LogP contribution in [-0.2, 0) is 12.0 Å². The van der Waals surface area contributed by atoms with Gasteiger partial charge in [0.25, 0.3) is 0 Å². The Morgan fingerprint density at radius 2 is 2.08 bits per heavy atom. The highest BCUT2D eigenvalue weighted by molar-refractivity contribution is 7.71. The van der Waals surface area contributed by atoms with E-state index in [4.69, 9.17) is 12.2 Å². The van der Waals surface area contributed by atoms with Gasteiger partial charge in [-0.25, -0.2) is 0 Å². The molecule has 0 radical (unpaired) electrons. The molecular weight excluding hydrogens is 180 g/mol. The summed E-state index contributed by atoms with van der Waals surface area (Å²) in [5.74, 6) is 0. The Morgan fingerprint density at radius 1 is 1.46 bits per heavy atom.